The van der Waals surface area contributed by atoms with Crippen molar-refractivity contribution in [2.45, 2.75) is 38.8 Å². The van der Waals surface area contributed by atoms with Crippen LogP contribution in [0.2, 0.25) is 0 Å². The van der Waals surface area contributed by atoms with Crippen LogP contribution in [0.3, 0.4) is 0 Å². The van der Waals surface area contributed by atoms with E-state index in [4.69, 9.17) is 5.73 Å². The highest BCUT2D eigenvalue weighted by Crippen LogP contribution is 2.28. The second-order valence-corrected chi connectivity index (χ2v) is 8.25. The van der Waals surface area contributed by atoms with Crippen molar-refractivity contribution >= 4 is 24.0 Å². The fourth-order valence-corrected chi connectivity index (χ4v) is 3.14. The van der Waals surface area contributed by atoms with Crippen LogP contribution in [0, 0.1) is 0 Å². The predicted molar refractivity (Wildman–Crippen MR) is 126 cm³/mol. The average molecular weight is 425 g/mol. The summed E-state index contributed by atoms with van der Waals surface area (Å²) in [7, 11) is 0. The van der Waals surface area contributed by atoms with Gasteiger partial charge in [-0.2, -0.15) is 0 Å². The van der Waals surface area contributed by atoms with Crippen LogP contribution in [-0.2, 0) is 16.8 Å². The van der Waals surface area contributed by atoms with Crippen LogP contribution in [-0.4, -0.2) is 11.0 Å². The molecule has 0 aromatic heterocycles. The molecule has 1 atom stereocenters. The number of hydrogen-bond acceptors (Lipinski definition) is 3. The average Bonchev–Trinajstić information content (AvgIpc) is 2.73. The number of hydrogen-bond donors (Lipinski definition) is 3. The molecule has 0 heterocycles. The minimum atomic E-state index is -1.25. The Morgan fingerprint density at radius 2 is 1.60 bits per heavy atom. The van der Waals surface area contributed by atoms with Gasteiger partial charge < -0.3 is 16.2 Å². The highest BCUT2D eigenvalue weighted by molar-refractivity contribution is 5.94. The number of carbonyl (C=O) groups is 1. The molecule has 3 rings (SSSR count). The number of rotatable bonds is 5. The maximum Gasteiger partial charge on any atom is 0.257 e. The molecular weight excluding hydrogens is 396 g/mol. The maximum absolute atomic E-state index is 12.5. The molecule has 5 heteroatoms. The molecule has 158 valence electrons. The third-order valence-corrected chi connectivity index (χ3v) is 4.99. The Bertz CT molecular complexity index is 977. The van der Waals surface area contributed by atoms with E-state index in [2.05, 4.69) is 50.4 Å². The number of amides is 1. The summed E-state index contributed by atoms with van der Waals surface area (Å²) in [6.07, 6.45) is -1.25. The summed E-state index contributed by atoms with van der Waals surface area (Å²) >= 11 is 0. The number of anilines is 1. The molecule has 1 unspecified atom stereocenters. The van der Waals surface area contributed by atoms with Gasteiger partial charge in [-0.3, -0.25) is 4.79 Å². The normalized spacial score (nSPS) is 12.0. The summed E-state index contributed by atoms with van der Waals surface area (Å²) in [4.78, 5) is 12.5. The minimum absolute atomic E-state index is 0. The van der Waals surface area contributed by atoms with E-state index in [0.717, 1.165) is 16.7 Å². The van der Waals surface area contributed by atoms with Gasteiger partial charge in [0.1, 0.15) is 0 Å². The molecule has 3 aromatic rings. The quantitative estimate of drug-likeness (QED) is 0.526. The number of carbonyl (C=O) groups excluding carboxylic acids is 1. The molecular formula is C25H29ClN2O2. The Morgan fingerprint density at radius 1 is 0.967 bits per heavy atom. The number of aliphatic hydroxyl groups excluding tert-OH is 1. The molecule has 4 nitrogen and oxygen atoms in total. The summed E-state index contributed by atoms with van der Waals surface area (Å²) in [5.74, 6) is -0.467. The topological polar surface area (TPSA) is 75.3 Å². The first-order valence-corrected chi connectivity index (χ1v) is 9.77. The van der Waals surface area contributed by atoms with Gasteiger partial charge in [-0.1, -0.05) is 75.4 Å². The fourth-order valence-electron chi connectivity index (χ4n) is 3.14. The van der Waals surface area contributed by atoms with Gasteiger partial charge in [0.25, 0.3) is 5.91 Å². The standard InChI is InChI=1S/C25H28N2O2.ClH/c1-25(2,3)21-11-9-18(10-12-21)19-5-4-6-20(15-19)23(28)24(29)27-22-13-7-17(16-26)8-14-22;/h4-15,23,28H,16,26H2,1-3H3,(H,27,29);1H. The summed E-state index contributed by atoms with van der Waals surface area (Å²) in [5, 5.41) is 13.3. The zero-order valence-corrected chi connectivity index (χ0v) is 18.4. The SMILES string of the molecule is CC(C)(C)c1ccc(-c2cccc(C(O)C(=O)Nc3ccc(CN)cc3)c2)cc1.Cl. The smallest absolute Gasteiger partial charge is 0.257 e. The Labute approximate surface area is 184 Å². The second kappa shape index (κ2) is 9.90. The highest BCUT2D eigenvalue weighted by atomic mass is 35.5. The lowest BCUT2D eigenvalue weighted by molar-refractivity contribution is -0.124. The van der Waals surface area contributed by atoms with Crippen LogP contribution < -0.4 is 11.1 Å². The molecule has 30 heavy (non-hydrogen) atoms. The van der Waals surface area contributed by atoms with Gasteiger partial charge in [-0.05, 0) is 51.4 Å². The minimum Gasteiger partial charge on any atom is -0.378 e. The molecule has 0 fully saturated rings. The van der Waals surface area contributed by atoms with Gasteiger partial charge in [-0.25, -0.2) is 0 Å². The van der Waals surface area contributed by atoms with Gasteiger partial charge in [0.2, 0.25) is 0 Å². The van der Waals surface area contributed by atoms with Crippen LogP contribution >= 0.6 is 12.4 Å². The van der Waals surface area contributed by atoms with E-state index in [0.29, 0.717) is 17.8 Å². The molecule has 3 aromatic carbocycles. The van der Waals surface area contributed by atoms with Gasteiger partial charge in [0.05, 0.1) is 0 Å². The Hall–Kier alpha value is -2.66. The van der Waals surface area contributed by atoms with Crippen molar-refractivity contribution in [2.24, 2.45) is 5.73 Å². The monoisotopic (exact) mass is 424 g/mol. The van der Waals surface area contributed by atoms with Gasteiger partial charge in [-0.15, -0.1) is 12.4 Å². The number of halogens is 1. The van der Waals surface area contributed by atoms with E-state index >= 15 is 0 Å². The molecule has 0 aliphatic rings. The van der Waals surface area contributed by atoms with Gasteiger partial charge in [0, 0.05) is 12.2 Å². The van der Waals surface area contributed by atoms with Crippen molar-refractivity contribution in [3.63, 3.8) is 0 Å². The Balaban J connectivity index is 0.00000320. The van der Waals surface area contributed by atoms with Crippen LogP contribution in [0.25, 0.3) is 11.1 Å². The molecule has 0 spiro atoms. The second-order valence-electron chi connectivity index (χ2n) is 8.25. The number of nitrogens with two attached hydrogens (primary N) is 1. The van der Waals surface area contributed by atoms with E-state index < -0.39 is 12.0 Å². The molecule has 0 saturated heterocycles. The van der Waals surface area contributed by atoms with Crippen LogP contribution in [0.15, 0.2) is 72.8 Å². The highest BCUT2D eigenvalue weighted by Gasteiger charge is 2.18. The van der Waals surface area contributed by atoms with Crippen LogP contribution in [0.4, 0.5) is 5.69 Å². The maximum atomic E-state index is 12.5. The number of benzene rings is 3. The summed E-state index contributed by atoms with van der Waals surface area (Å²) in [6.45, 7) is 6.99. The van der Waals surface area contributed by atoms with Crippen molar-refractivity contribution in [1.82, 2.24) is 0 Å². The lowest BCUT2D eigenvalue weighted by atomic mass is 9.86. The first-order valence-electron chi connectivity index (χ1n) is 9.77. The molecule has 0 aliphatic carbocycles. The van der Waals surface area contributed by atoms with Gasteiger partial charge in [0.15, 0.2) is 6.10 Å². The largest absolute Gasteiger partial charge is 0.378 e. The van der Waals surface area contributed by atoms with Crippen molar-refractivity contribution in [3.8, 4) is 11.1 Å². The zero-order valence-electron chi connectivity index (χ0n) is 17.6. The molecule has 1 amide bonds. The van der Waals surface area contributed by atoms with E-state index in [1.54, 1.807) is 18.2 Å². The van der Waals surface area contributed by atoms with E-state index in [9.17, 15) is 9.90 Å². The fraction of sp³-hybridized carbons (Fsp3) is 0.240. The van der Waals surface area contributed by atoms with Crippen LogP contribution in [0.5, 0.6) is 0 Å². The molecule has 0 radical (unpaired) electrons. The van der Waals surface area contributed by atoms with E-state index in [1.807, 2.05) is 30.3 Å². The predicted octanol–water partition coefficient (Wildman–Crippen LogP) is 5.20. The van der Waals surface area contributed by atoms with Crippen LogP contribution in [0.1, 0.15) is 43.6 Å². The van der Waals surface area contributed by atoms with Crippen molar-refractivity contribution in [3.05, 3.63) is 89.5 Å². The first-order chi connectivity index (χ1) is 13.8. The van der Waals surface area contributed by atoms with Gasteiger partial charge >= 0.3 is 0 Å². The number of nitrogens with one attached hydrogen (secondary N) is 1. The summed E-state index contributed by atoms with van der Waals surface area (Å²) < 4.78 is 0. The summed E-state index contributed by atoms with van der Waals surface area (Å²) in [6, 6.07) is 23.1. The van der Waals surface area contributed by atoms with Crippen molar-refractivity contribution < 1.29 is 9.90 Å². The molecule has 0 bridgehead atoms. The lowest BCUT2D eigenvalue weighted by Gasteiger charge is -2.19. The van der Waals surface area contributed by atoms with Crippen molar-refractivity contribution in [2.75, 3.05) is 5.32 Å². The first kappa shape index (κ1) is 23.6. The third-order valence-electron chi connectivity index (χ3n) is 4.99. The van der Waals surface area contributed by atoms with E-state index in [-0.39, 0.29) is 17.8 Å². The zero-order chi connectivity index (χ0) is 21.0. The van der Waals surface area contributed by atoms with Crippen molar-refractivity contribution in [1.29, 1.82) is 0 Å². The third kappa shape index (κ3) is 5.70. The molecule has 0 saturated carbocycles. The molecule has 4 N–H and O–H groups in total. The Morgan fingerprint density at radius 3 is 2.17 bits per heavy atom. The molecule has 0 aliphatic heterocycles. The van der Waals surface area contributed by atoms with E-state index in [1.165, 1.54) is 5.56 Å². The number of aliphatic hydroxyl groups is 1. The summed E-state index contributed by atoms with van der Waals surface area (Å²) in [5.41, 5.74) is 11.1. The Kier molecular flexibility index (Phi) is 7.79. The lowest BCUT2D eigenvalue weighted by Crippen LogP contribution is -2.20.